The molecule has 0 N–H and O–H groups in total. The summed E-state index contributed by atoms with van der Waals surface area (Å²) in [5.41, 5.74) is 2.90. The molecular weight excluding hydrogens is 353 g/mol. The van der Waals surface area contributed by atoms with Crippen LogP contribution < -0.4 is 0 Å². The van der Waals surface area contributed by atoms with Gasteiger partial charge in [0.25, 0.3) is 0 Å². The Morgan fingerprint density at radius 2 is 1.46 bits per heavy atom. The van der Waals surface area contributed by atoms with Crippen LogP contribution >= 0.6 is 0 Å². The van der Waals surface area contributed by atoms with E-state index in [1.165, 1.54) is 16.4 Å². The third-order valence-electron chi connectivity index (χ3n) is 4.73. The molecule has 2 rings (SSSR count). The molecule has 0 amide bonds. The summed E-state index contributed by atoms with van der Waals surface area (Å²) in [5.74, 6) is 7.54. The van der Waals surface area contributed by atoms with Gasteiger partial charge in [0.2, 0.25) is 0 Å². The fourth-order valence-electron chi connectivity index (χ4n) is 4.05. The van der Waals surface area contributed by atoms with E-state index < -0.39 is 13.3 Å². The number of benzene rings is 2. The van der Waals surface area contributed by atoms with Gasteiger partial charge in [-0.3, -0.25) is 0 Å². The van der Waals surface area contributed by atoms with Crippen LogP contribution in [0.4, 0.5) is 0 Å². The molecule has 0 aliphatic rings. The maximum absolute atomic E-state index is 6.07. The minimum absolute atomic E-state index is 0.160. The molecule has 0 bridgehead atoms. The first-order chi connectivity index (χ1) is 11.3. The van der Waals surface area contributed by atoms with Crippen molar-refractivity contribution >= 4 is 13.3 Å². The number of rotatable bonds is 8. The van der Waals surface area contributed by atoms with Crippen LogP contribution in [0.15, 0.2) is 60.7 Å². The Morgan fingerprint density at radius 1 is 0.917 bits per heavy atom. The molecule has 130 valence electrons. The van der Waals surface area contributed by atoms with Gasteiger partial charge in [-0.05, 0) is 0 Å². The normalized spacial score (nSPS) is 15.7. The fourth-order valence-corrected chi connectivity index (χ4v) is 9.89. The molecule has 0 unspecified atom stereocenters. The molecule has 0 saturated carbocycles. The molecule has 0 radical (unpaired) electrons. The van der Waals surface area contributed by atoms with Gasteiger partial charge >= 0.3 is 151 Å². The van der Waals surface area contributed by atoms with Crippen molar-refractivity contribution in [2.24, 2.45) is 5.41 Å². The monoisotopic (exact) mass is 386 g/mol. The molecule has 2 aromatic rings. The molecule has 0 fully saturated rings. The van der Waals surface area contributed by atoms with Crippen LogP contribution in [0.25, 0.3) is 0 Å². The van der Waals surface area contributed by atoms with E-state index in [1.807, 2.05) is 7.11 Å². The minimum atomic E-state index is -1.74. The summed E-state index contributed by atoms with van der Waals surface area (Å²) in [6, 6.07) is 21.6. The average molecular weight is 385 g/mol. The van der Waals surface area contributed by atoms with E-state index in [2.05, 4.69) is 84.9 Å². The first-order valence-corrected chi connectivity index (χ1v) is 16.7. The summed E-state index contributed by atoms with van der Waals surface area (Å²) < 4.78 is 6.07. The van der Waals surface area contributed by atoms with Crippen LogP contribution in [-0.4, -0.2) is 20.4 Å². The van der Waals surface area contributed by atoms with Crippen LogP contribution in [0.3, 0.4) is 0 Å². The van der Waals surface area contributed by atoms with Crippen molar-refractivity contribution in [1.29, 1.82) is 0 Å². The van der Waals surface area contributed by atoms with E-state index >= 15 is 0 Å². The Labute approximate surface area is 150 Å². The van der Waals surface area contributed by atoms with Crippen molar-refractivity contribution in [2.45, 2.75) is 48.4 Å². The van der Waals surface area contributed by atoms with Gasteiger partial charge in [0.1, 0.15) is 0 Å². The number of ether oxygens (including phenoxy) is 1. The molecular formula is C22H32GeO. The van der Waals surface area contributed by atoms with Gasteiger partial charge in [-0.25, -0.2) is 0 Å². The number of methoxy groups -OCH3 is 1. The van der Waals surface area contributed by atoms with E-state index in [9.17, 15) is 0 Å². The predicted molar refractivity (Wildman–Crippen MR) is 107 cm³/mol. The number of hydrogen-bond donors (Lipinski definition) is 0. The third-order valence-corrected chi connectivity index (χ3v) is 8.65. The number of hydrogen-bond acceptors (Lipinski definition) is 1. The van der Waals surface area contributed by atoms with Crippen LogP contribution in [0.2, 0.25) is 22.5 Å². The molecule has 0 aromatic heterocycles. The van der Waals surface area contributed by atoms with Gasteiger partial charge in [-0.15, -0.1) is 0 Å². The second-order valence-corrected chi connectivity index (χ2v) is 19.9. The molecule has 2 atom stereocenters. The fraction of sp³-hybridized carbons (Fsp3) is 0.455. The molecule has 0 aliphatic carbocycles. The van der Waals surface area contributed by atoms with E-state index in [0.29, 0.717) is 0 Å². The van der Waals surface area contributed by atoms with Gasteiger partial charge in [-0.2, -0.15) is 0 Å². The molecule has 0 aliphatic heterocycles. The Balaban J connectivity index is 2.27. The zero-order valence-electron chi connectivity index (χ0n) is 15.9. The Morgan fingerprint density at radius 3 is 1.96 bits per heavy atom. The van der Waals surface area contributed by atoms with Crippen molar-refractivity contribution in [2.75, 3.05) is 7.11 Å². The van der Waals surface area contributed by atoms with Crippen LogP contribution in [0, 0.1) is 5.41 Å². The van der Waals surface area contributed by atoms with Crippen molar-refractivity contribution in [3.8, 4) is 0 Å². The molecule has 0 heterocycles. The Bertz CT molecular complexity index is 603. The van der Waals surface area contributed by atoms with Crippen molar-refractivity contribution in [3.05, 3.63) is 71.8 Å². The van der Waals surface area contributed by atoms with Gasteiger partial charge in [-0.1, -0.05) is 0 Å². The summed E-state index contributed by atoms with van der Waals surface area (Å²) >= 11 is -1.74. The first kappa shape index (κ1) is 19.3. The molecule has 0 spiro atoms. The van der Waals surface area contributed by atoms with E-state index in [0.717, 1.165) is 12.8 Å². The van der Waals surface area contributed by atoms with Gasteiger partial charge < -0.3 is 0 Å². The average Bonchev–Trinajstić information content (AvgIpc) is 2.54. The van der Waals surface area contributed by atoms with Gasteiger partial charge in [0.05, 0.1) is 0 Å². The van der Waals surface area contributed by atoms with Gasteiger partial charge in [0, 0.05) is 0 Å². The second kappa shape index (κ2) is 8.35. The number of aryl methyl sites for hydroxylation is 1. The molecule has 1 nitrogen and oxygen atoms in total. The third kappa shape index (κ3) is 5.49. The maximum atomic E-state index is 6.07. The van der Waals surface area contributed by atoms with E-state index in [1.54, 1.807) is 0 Å². The van der Waals surface area contributed by atoms with E-state index in [-0.39, 0.29) is 11.5 Å². The van der Waals surface area contributed by atoms with Crippen molar-refractivity contribution in [3.63, 3.8) is 0 Å². The predicted octanol–water partition coefficient (Wildman–Crippen LogP) is 6.35. The topological polar surface area (TPSA) is 9.23 Å². The molecule has 2 aromatic carbocycles. The summed E-state index contributed by atoms with van der Waals surface area (Å²) in [6.07, 6.45) is 2.43. The summed E-state index contributed by atoms with van der Waals surface area (Å²) in [5, 5.41) is 1.31. The second-order valence-electron chi connectivity index (χ2n) is 8.40. The first-order valence-electron chi connectivity index (χ1n) is 8.96. The molecule has 0 saturated heterocycles. The summed E-state index contributed by atoms with van der Waals surface area (Å²) in [7, 11) is 1.87. The van der Waals surface area contributed by atoms with Crippen LogP contribution in [-0.2, 0) is 11.2 Å². The quantitative estimate of drug-likeness (QED) is 0.481. The van der Waals surface area contributed by atoms with Crippen LogP contribution in [0.5, 0.6) is 0 Å². The molecule has 2 heteroatoms. The SMILES string of the molecule is CO[C@H](c1ccccc1)[C@@](C)(CCc1ccccc1)[CH2][Ge]([CH3])([CH3])[CH3]. The van der Waals surface area contributed by atoms with Crippen LogP contribution in [0.1, 0.15) is 30.6 Å². The van der Waals surface area contributed by atoms with Crippen molar-refractivity contribution in [1.82, 2.24) is 0 Å². The Hall–Kier alpha value is -1.06. The van der Waals surface area contributed by atoms with E-state index in [4.69, 9.17) is 4.74 Å². The molecule has 24 heavy (non-hydrogen) atoms. The zero-order chi connectivity index (χ0) is 17.6. The Kier molecular flexibility index (Phi) is 6.71. The standard InChI is InChI=1S/C22H32GeO/c1-22(18-23(2,3)4,17-16-19-12-8-6-9-13-19)21(24-5)20-14-10-7-11-15-20/h6-15,21H,16-18H2,1-5H3/t21-,22+/m1/s1. The summed E-state index contributed by atoms with van der Waals surface area (Å²) in [6.45, 7) is 2.44. The van der Waals surface area contributed by atoms with Crippen molar-refractivity contribution < 1.29 is 4.74 Å². The van der Waals surface area contributed by atoms with Gasteiger partial charge in [0.15, 0.2) is 0 Å². The summed E-state index contributed by atoms with van der Waals surface area (Å²) in [4.78, 5) is 0. The zero-order valence-corrected chi connectivity index (χ0v) is 18.0.